The van der Waals surface area contributed by atoms with Gasteiger partial charge in [0.15, 0.2) is 5.78 Å². The fraction of sp³-hybridized carbons (Fsp3) is 0.568. The quantitative estimate of drug-likeness (QED) is 0.0652. The number of carbonyl (C=O) groups is 7. The summed E-state index contributed by atoms with van der Waals surface area (Å²) in [6.07, 6.45) is -0.204. The third-order valence-corrected chi connectivity index (χ3v) is 8.39. The molecule has 0 spiro atoms. The topological polar surface area (TPSA) is 216 Å². The van der Waals surface area contributed by atoms with Crippen LogP contribution in [0.4, 0.5) is 14.4 Å². The number of alkyl carbamates (subject to hydrolysis) is 3. The maximum absolute atomic E-state index is 14.1. The van der Waals surface area contributed by atoms with Crippen LogP contribution >= 0.6 is 0 Å². The van der Waals surface area contributed by atoms with Gasteiger partial charge in [0.2, 0.25) is 5.91 Å². The molecule has 16 heteroatoms. The van der Waals surface area contributed by atoms with E-state index in [0.717, 1.165) is 5.56 Å². The van der Waals surface area contributed by atoms with Gasteiger partial charge in [-0.25, -0.2) is 19.2 Å². The van der Waals surface area contributed by atoms with E-state index in [2.05, 4.69) is 16.0 Å². The lowest BCUT2D eigenvalue weighted by atomic mass is 9.93. The number of carboxylic acid groups (broad SMARTS) is 1. The van der Waals surface area contributed by atoms with Gasteiger partial charge >= 0.3 is 30.2 Å². The van der Waals surface area contributed by atoms with E-state index in [-0.39, 0.29) is 43.4 Å². The number of unbranched alkanes of at least 4 members (excludes halogenated alkanes) is 1. The zero-order chi connectivity index (χ0) is 45.3. The summed E-state index contributed by atoms with van der Waals surface area (Å²) in [5.74, 6) is -2.61. The number of benzene rings is 2. The number of rotatable bonds is 14. The van der Waals surface area contributed by atoms with Crippen molar-refractivity contribution in [3.05, 3.63) is 71.3 Å². The first-order valence-electron chi connectivity index (χ1n) is 20.1. The number of nitrogens with zero attached hydrogens (tertiary/aromatic N) is 1. The molecule has 0 aromatic heterocycles. The highest BCUT2D eigenvalue weighted by molar-refractivity contribution is 5.95. The van der Waals surface area contributed by atoms with Crippen molar-refractivity contribution < 1.29 is 57.6 Å². The van der Waals surface area contributed by atoms with Gasteiger partial charge in [-0.1, -0.05) is 48.9 Å². The Morgan fingerprint density at radius 2 is 1.18 bits per heavy atom. The molecule has 4 N–H and O–H groups in total. The summed E-state index contributed by atoms with van der Waals surface area (Å²) in [5, 5.41) is 16.9. The number of aromatic carboxylic acids is 1. The van der Waals surface area contributed by atoms with Gasteiger partial charge in [0.25, 0.3) is 0 Å². The maximum Gasteiger partial charge on any atom is 0.407 e. The number of carbonyl (C=O) groups excluding carboxylic acids is 6. The standard InChI is InChI=1S/C35H56N4O9.C9H8O3/c1-33(2,3)46-30(42)36-18-14-13-17-25(19-28(40)45-23-24-15-11-10-12-16-24)29(41)39-21-26(37-31(43)47-34(4,5)6)20-27(22-39)38-32(44)48-35(7,8)9;1-6(10)7-2-4-8(5-3-7)9(11)12/h10-12,15-16,25-27H,13-14,17-23H2,1-9H3,(H,36,42)(H,37,43)(H,38,44);2-5H,1H3,(H,11,12)/t25-,26-,27+;/m1./s1. The lowest BCUT2D eigenvalue weighted by molar-refractivity contribution is -0.150. The van der Waals surface area contributed by atoms with E-state index in [4.69, 9.17) is 24.1 Å². The number of ketones is 1. The molecular weight excluding hydrogens is 776 g/mol. The van der Waals surface area contributed by atoms with Gasteiger partial charge < -0.3 is 44.9 Å². The van der Waals surface area contributed by atoms with Crippen molar-refractivity contribution >= 4 is 41.9 Å². The van der Waals surface area contributed by atoms with E-state index in [1.165, 1.54) is 31.2 Å². The maximum atomic E-state index is 14.1. The summed E-state index contributed by atoms with van der Waals surface area (Å²) in [5.41, 5.74) is -0.536. The third kappa shape index (κ3) is 21.4. The van der Waals surface area contributed by atoms with E-state index < -0.39 is 65.0 Å². The Morgan fingerprint density at radius 3 is 1.65 bits per heavy atom. The number of esters is 1. The van der Waals surface area contributed by atoms with Crippen LogP contribution in [-0.4, -0.2) is 100 Å². The molecule has 60 heavy (non-hydrogen) atoms. The molecule has 0 aliphatic carbocycles. The van der Waals surface area contributed by atoms with Gasteiger partial charge in [0, 0.05) is 31.1 Å². The summed E-state index contributed by atoms with van der Waals surface area (Å²) in [4.78, 5) is 87.2. The van der Waals surface area contributed by atoms with Gasteiger partial charge in [-0.2, -0.15) is 0 Å². The highest BCUT2D eigenvalue weighted by atomic mass is 16.6. The summed E-state index contributed by atoms with van der Waals surface area (Å²) >= 11 is 0. The van der Waals surface area contributed by atoms with Crippen molar-refractivity contribution in [1.82, 2.24) is 20.9 Å². The van der Waals surface area contributed by atoms with Gasteiger partial charge in [-0.05, 0) is 106 Å². The SMILES string of the molecule is CC(=O)c1ccc(C(=O)O)cc1.CC(C)(C)OC(=O)NCCCC[C@H](CC(=O)OCc1ccccc1)C(=O)N1C[C@H](NC(=O)OC(C)(C)C)C[C@H](NC(=O)OC(C)(C)C)C1. The van der Waals surface area contributed by atoms with Crippen LogP contribution in [-0.2, 0) is 35.1 Å². The first kappa shape index (κ1) is 50.5. The van der Waals surface area contributed by atoms with E-state index in [0.29, 0.717) is 37.8 Å². The molecule has 3 rings (SSSR count). The number of likely N-dealkylation sites (tertiary alicyclic amines) is 1. The Bertz CT molecular complexity index is 1670. The fourth-order valence-corrected chi connectivity index (χ4v) is 5.87. The average Bonchev–Trinajstić information content (AvgIpc) is 3.11. The average molecular weight is 841 g/mol. The zero-order valence-corrected chi connectivity index (χ0v) is 36.7. The Morgan fingerprint density at radius 1 is 0.700 bits per heavy atom. The van der Waals surface area contributed by atoms with Crippen LogP contribution in [0.1, 0.15) is 128 Å². The van der Waals surface area contributed by atoms with Gasteiger partial charge in [-0.3, -0.25) is 14.4 Å². The third-order valence-electron chi connectivity index (χ3n) is 8.39. The predicted molar refractivity (Wildman–Crippen MR) is 223 cm³/mol. The predicted octanol–water partition coefficient (Wildman–Crippen LogP) is 7.04. The van der Waals surface area contributed by atoms with E-state index in [9.17, 15) is 33.6 Å². The summed E-state index contributed by atoms with van der Waals surface area (Å²) < 4.78 is 21.7. The lowest BCUT2D eigenvalue weighted by Gasteiger charge is -2.40. The van der Waals surface area contributed by atoms with Crippen LogP contribution in [0, 0.1) is 5.92 Å². The van der Waals surface area contributed by atoms with Crippen molar-refractivity contribution in [1.29, 1.82) is 0 Å². The first-order valence-corrected chi connectivity index (χ1v) is 20.1. The molecule has 1 aliphatic heterocycles. The van der Waals surface area contributed by atoms with Crippen LogP contribution < -0.4 is 16.0 Å². The van der Waals surface area contributed by atoms with Gasteiger partial charge in [0.1, 0.15) is 23.4 Å². The second-order valence-electron chi connectivity index (χ2n) is 17.6. The normalized spacial score (nSPS) is 15.8. The molecule has 1 aliphatic rings. The van der Waals surface area contributed by atoms with Crippen LogP contribution in [0.3, 0.4) is 0 Å². The van der Waals surface area contributed by atoms with Crippen molar-refractivity contribution in [2.24, 2.45) is 5.92 Å². The van der Waals surface area contributed by atoms with Crippen molar-refractivity contribution in [2.45, 2.75) is 137 Å². The van der Waals surface area contributed by atoms with Crippen LogP contribution in [0.5, 0.6) is 0 Å². The summed E-state index contributed by atoms with van der Waals surface area (Å²) in [7, 11) is 0. The molecule has 2 aromatic carbocycles. The van der Waals surface area contributed by atoms with E-state index in [1.54, 1.807) is 67.2 Å². The molecule has 3 atom stereocenters. The van der Waals surface area contributed by atoms with Crippen LogP contribution in [0.2, 0.25) is 0 Å². The van der Waals surface area contributed by atoms with E-state index in [1.807, 2.05) is 30.3 Å². The monoisotopic (exact) mass is 840 g/mol. The number of ether oxygens (including phenoxy) is 4. The molecule has 0 saturated carbocycles. The highest BCUT2D eigenvalue weighted by Gasteiger charge is 2.36. The number of carboxylic acids is 1. The largest absolute Gasteiger partial charge is 0.478 e. The minimum atomic E-state index is -0.981. The zero-order valence-electron chi connectivity index (χ0n) is 36.7. The molecule has 16 nitrogen and oxygen atoms in total. The Balaban J connectivity index is 0.000000881. The number of hydrogen-bond acceptors (Lipinski definition) is 11. The Hall–Kier alpha value is -5.67. The molecule has 1 heterocycles. The number of hydrogen-bond donors (Lipinski definition) is 4. The number of piperidine rings is 1. The van der Waals surface area contributed by atoms with Crippen molar-refractivity contribution in [3.8, 4) is 0 Å². The molecule has 2 aromatic rings. The number of Topliss-reactive ketones (excluding diaryl/α,β-unsaturated/α-hetero) is 1. The molecular formula is C44H64N4O12. The molecule has 1 fully saturated rings. The number of amides is 4. The fourth-order valence-electron chi connectivity index (χ4n) is 5.87. The Labute approximate surface area is 353 Å². The molecule has 0 bridgehead atoms. The minimum absolute atomic E-state index is 0.0630. The van der Waals surface area contributed by atoms with Gasteiger partial charge in [-0.15, -0.1) is 0 Å². The van der Waals surface area contributed by atoms with Crippen molar-refractivity contribution in [3.63, 3.8) is 0 Å². The smallest absolute Gasteiger partial charge is 0.407 e. The molecule has 1 saturated heterocycles. The minimum Gasteiger partial charge on any atom is -0.478 e. The molecule has 332 valence electrons. The summed E-state index contributed by atoms with van der Waals surface area (Å²) in [6, 6.07) is 14.0. The second-order valence-corrected chi connectivity index (χ2v) is 17.6. The van der Waals surface area contributed by atoms with Gasteiger partial charge in [0.05, 0.1) is 24.1 Å². The lowest BCUT2D eigenvalue weighted by Crippen LogP contribution is -2.59. The molecule has 0 radical (unpaired) electrons. The second kappa shape index (κ2) is 23.2. The van der Waals surface area contributed by atoms with Crippen LogP contribution in [0.15, 0.2) is 54.6 Å². The van der Waals surface area contributed by atoms with E-state index >= 15 is 0 Å². The first-order chi connectivity index (χ1) is 27.8. The molecule has 0 unspecified atom stereocenters. The summed E-state index contributed by atoms with van der Waals surface area (Å²) in [6.45, 7) is 18.0. The highest BCUT2D eigenvalue weighted by Crippen LogP contribution is 2.22. The van der Waals surface area contributed by atoms with Crippen LogP contribution in [0.25, 0.3) is 0 Å². The molecule has 4 amide bonds. The number of nitrogens with one attached hydrogen (secondary N) is 3. The Kier molecular flexibility index (Phi) is 19.5. The van der Waals surface area contributed by atoms with Crippen molar-refractivity contribution in [2.75, 3.05) is 19.6 Å².